The molecule has 0 aliphatic carbocycles. The minimum atomic E-state index is -0.917. The number of carbonyl (C=O) groups excluding carboxylic acids is 2. The molecule has 0 fully saturated rings. The van der Waals surface area contributed by atoms with Crippen LogP contribution in [0, 0.1) is 0 Å². The van der Waals surface area contributed by atoms with E-state index in [1.807, 2.05) is 0 Å². The second kappa shape index (κ2) is 7.42. The highest BCUT2D eigenvalue weighted by Crippen LogP contribution is 2.17. The van der Waals surface area contributed by atoms with Gasteiger partial charge in [-0.3, -0.25) is 14.6 Å². The highest BCUT2D eigenvalue weighted by atomic mass is 16.5. The molecule has 0 aliphatic rings. The summed E-state index contributed by atoms with van der Waals surface area (Å²) in [7, 11) is 0. The number of benzene rings is 1. The quantitative estimate of drug-likeness (QED) is 0.637. The summed E-state index contributed by atoms with van der Waals surface area (Å²) < 4.78 is 9.90. The second-order valence-electron chi connectivity index (χ2n) is 4.87. The molecular weight excluding hydrogens is 274 g/mol. The summed E-state index contributed by atoms with van der Waals surface area (Å²) in [6.07, 6.45) is 1.46. The summed E-state index contributed by atoms with van der Waals surface area (Å²) in [5.74, 6) is -0.799. The normalized spacial score (nSPS) is 11.4. The highest BCUT2D eigenvalue weighted by Gasteiger charge is 2.26. The molecule has 0 heterocycles. The van der Waals surface area contributed by atoms with Crippen molar-refractivity contribution < 1.29 is 24.2 Å². The SMILES string of the molecule is CC(=O)OCC(C)(COC(C)=O)N=Cc1ccccc1O. The lowest BCUT2D eigenvalue weighted by Crippen LogP contribution is -2.36. The first kappa shape index (κ1) is 16.7. The van der Waals surface area contributed by atoms with Crippen LogP contribution >= 0.6 is 0 Å². The minimum Gasteiger partial charge on any atom is -0.507 e. The van der Waals surface area contributed by atoms with Gasteiger partial charge in [-0.25, -0.2) is 0 Å². The van der Waals surface area contributed by atoms with Gasteiger partial charge in [0.25, 0.3) is 0 Å². The number of hydrogen-bond donors (Lipinski definition) is 1. The number of aromatic hydroxyl groups is 1. The molecule has 0 radical (unpaired) electrons. The largest absolute Gasteiger partial charge is 0.507 e. The number of phenolic OH excluding ortho intramolecular Hbond substituents is 1. The smallest absolute Gasteiger partial charge is 0.302 e. The number of para-hydroxylation sites is 1. The van der Waals surface area contributed by atoms with E-state index in [1.165, 1.54) is 26.1 Å². The van der Waals surface area contributed by atoms with Crippen LogP contribution in [0.4, 0.5) is 0 Å². The first-order valence-corrected chi connectivity index (χ1v) is 6.42. The molecule has 1 aromatic carbocycles. The van der Waals surface area contributed by atoms with Crippen LogP contribution in [0.2, 0.25) is 0 Å². The zero-order valence-electron chi connectivity index (χ0n) is 12.3. The van der Waals surface area contributed by atoms with Gasteiger partial charge in [-0.15, -0.1) is 0 Å². The Kier molecular flexibility index (Phi) is 5.90. The van der Waals surface area contributed by atoms with E-state index in [2.05, 4.69) is 4.99 Å². The van der Waals surface area contributed by atoms with Gasteiger partial charge in [-0.1, -0.05) is 12.1 Å². The zero-order valence-corrected chi connectivity index (χ0v) is 12.3. The molecular formula is C15H19NO5. The topological polar surface area (TPSA) is 85.2 Å². The number of phenols is 1. The van der Waals surface area contributed by atoms with Crippen LogP contribution in [0.5, 0.6) is 5.75 Å². The fraction of sp³-hybridized carbons (Fsp3) is 0.400. The molecule has 0 spiro atoms. The number of aliphatic imine (C=N–C) groups is 1. The number of hydrogen-bond acceptors (Lipinski definition) is 6. The lowest BCUT2D eigenvalue weighted by Gasteiger charge is -2.23. The van der Waals surface area contributed by atoms with Crippen LogP contribution in [0.1, 0.15) is 26.3 Å². The van der Waals surface area contributed by atoms with Gasteiger partial charge in [0.1, 0.15) is 24.5 Å². The maximum Gasteiger partial charge on any atom is 0.302 e. The van der Waals surface area contributed by atoms with Crippen LogP contribution < -0.4 is 0 Å². The third kappa shape index (κ3) is 6.07. The van der Waals surface area contributed by atoms with Crippen LogP contribution in [-0.4, -0.2) is 42.0 Å². The molecule has 1 N–H and O–H groups in total. The lowest BCUT2D eigenvalue weighted by molar-refractivity contribution is -0.146. The van der Waals surface area contributed by atoms with Crippen molar-refractivity contribution in [3.05, 3.63) is 29.8 Å². The van der Waals surface area contributed by atoms with E-state index in [-0.39, 0.29) is 19.0 Å². The monoisotopic (exact) mass is 293 g/mol. The van der Waals surface area contributed by atoms with Crippen molar-refractivity contribution in [2.45, 2.75) is 26.3 Å². The Bertz CT molecular complexity index is 521. The summed E-state index contributed by atoms with van der Waals surface area (Å²) in [6, 6.07) is 6.69. The third-order valence-electron chi connectivity index (χ3n) is 2.62. The summed E-state index contributed by atoms with van der Waals surface area (Å²) in [5, 5.41) is 9.68. The summed E-state index contributed by atoms with van der Waals surface area (Å²) in [5.41, 5.74) is -0.394. The lowest BCUT2D eigenvalue weighted by atomic mass is 10.1. The molecule has 0 amide bonds. The van der Waals surface area contributed by atoms with Crippen molar-refractivity contribution in [2.75, 3.05) is 13.2 Å². The van der Waals surface area contributed by atoms with Crippen LogP contribution in [0.15, 0.2) is 29.3 Å². The van der Waals surface area contributed by atoms with Crippen LogP contribution in [0.3, 0.4) is 0 Å². The summed E-state index contributed by atoms with van der Waals surface area (Å²) in [6.45, 7) is 4.22. The summed E-state index contributed by atoms with van der Waals surface area (Å²) >= 11 is 0. The number of ether oxygens (including phenoxy) is 2. The average molecular weight is 293 g/mol. The van der Waals surface area contributed by atoms with E-state index in [0.717, 1.165) is 0 Å². The molecule has 0 unspecified atom stereocenters. The minimum absolute atomic E-state index is 0.0281. The van der Waals surface area contributed by atoms with Gasteiger partial charge in [-0.05, 0) is 19.1 Å². The van der Waals surface area contributed by atoms with Gasteiger partial charge in [0.15, 0.2) is 0 Å². The first-order chi connectivity index (χ1) is 9.82. The molecule has 1 aromatic rings. The maximum atomic E-state index is 10.9. The molecule has 0 saturated heterocycles. The van der Waals surface area contributed by atoms with Crippen LogP contribution in [0.25, 0.3) is 0 Å². The fourth-order valence-electron chi connectivity index (χ4n) is 1.45. The van der Waals surface area contributed by atoms with Crippen molar-refractivity contribution >= 4 is 18.2 Å². The Morgan fingerprint density at radius 2 is 1.71 bits per heavy atom. The van der Waals surface area contributed by atoms with E-state index in [4.69, 9.17) is 9.47 Å². The molecule has 1 rings (SSSR count). The Hall–Kier alpha value is -2.37. The third-order valence-corrected chi connectivity index (χ3v) is 2.62. The zero-order chi connectivity index (χ0) is 15.9. The Morgan fingerprint density at radius 1 is 1.19 bits per heavy atom. The highest BCUT2D eigenvalue weighted by molar-refractivity contribution is 5.83. The first-order valence-electron chi connectivity index (χ1n) is 6.42. The van der Waals surface area contributed by atoms with Gasteiger partial charge in [-0.2, -0.15) is 0 Å². The number of nitrogens with zero attached hydrogens (tertiary/aromatic N) is 1. The molecule has 21 heavy (non-hydrogen) atoms. The number of rotatable bonds is 6. The average Bonchev–Trinajstić information content (AvgIpc) is 2.42. The number of carbonyl (C=O) groups is 2. The van der Waals surface area contributed by atoms with Gasteiger partial charge >= 0.3 is 11.9 Å². The molecule has 0 saturated carbocycles. The Morgan fingerprint density at radius 3 is 2.19 bits per heavy atom. The molecule has 0 aliphatic heterocycles. The maximum absolute atomic E-state index is 10.9. The van der Waals surface area contributed by atoms with Crippen molar-refractivity contribution in [2.24, 2.45) is 4.99 Å². The van der Waals surface area contributed by atoms with Crippen molar-refractivity contribution in [3.63, 3.8) is 0 Å². The summed E-state index contributed by atoms with van der Waals surface area (Å²) in [4.78, 5) is 26.2. The molecule has 0 atom stereocenters. The van der Waals surface area contributed by atoms with Gasteiger partial charge in [0, 0.05) is 25.6 Å². The van der Waals surface area contributed by atoms with Gasteiger partial charge < -0.3 is 14.6 Å². The molecule has 0 bridgehead atoms. The number of esters is 2. The predicted octanol–water partition coefficient (Wildman–Crippen LogP) is 1.70. The standard InChI is InChI=1S/C15H19NO5/c1-11(17)20-9-15(3,10-21-12(2)18)16-8-13-6-4-5-7-14(13)19/h4-8,19H,9-10H2,1-3H3. The fourth-order valence-corrected chi connectivity index (χ4v) is 1.45. The Labute approximate surface area is 123 Å². The van der Waals surface area contributed by atoms with Crippen molar-refractivity contribution in [3.8, 4) is 5.75 Å². The molecule has 114 valence electrons. The molecule has 6 heteroatoms. The second-order valence-corrected chi connectivity index (χ2v) is 4.87. The van der Waals surface area contributed by atoms with Gasteiger partial charge in [0.05, 0.1) is 0 Å². The molecule has 6 nitrogen and oxygen atoms in total. The molecule has 0 aromatic heterocycles. The van der Waals surface area contributed by atoms with Gasteiger partial charge in [0.2, 0.25) is 0 Å². The Balaban J connectivity index is 2.87. The van der Waals surface area contributed by atoms with E-state index >= 15 is 0 Å². The van der Waals surface area contributed by atoms with E-state index < -0.39 is 17.5 Å². The van der Waals surface area contributed by atoms with E-state index in [9.17, 15) is 14.7 Å². The van der Waals surface area contributed by atoms with Crippen molar-refractivity contribution in [1.82, 2.24) is 0 Å². The van der Waals surface area contributed by atoms with E-state index in [0.29, 0.717) is 5.56 Å². The van der Waals surface area contributed by atoms with Crippen LogP contribution in [-0.2, 0) is 19.1 Å². The predicted molar refractivity (Wildman–Crippen MR) is 77.4 cm³/mol. The van der Waals surface area contributed by atoms with Crippen molar-refractivity contribution in [1.29, 1.82) is 0 Å². The van der Waals surface area contributed by atoms with E-state index in [1.54, 1.807) is 25.1 Å².